The lowest BCUT2D eigenvalue weighted by Crippen LogP contribution is -2.34. The van der Waals surface area contributed by atoms with Gasteiger partial charge in [0.25, 0.3) is 5.91 Å². The van der Waals surface area contributed by atoms with Gasteiger partial charge < -0.3 is 10.0 Å². The van der Waals surface area contributed by atoms with Crippen LogP contribution < -0.4 is 0 Å². The Balaban J connectivity index is 1.61. The van der Waals surface area contributed by atoms with Crippen molar-refractivity contribution in [1.29, 1.82) is 0 Å². The van der Waals surface area contributed by atoms with Crippen LogP contribution in [0.2, 0.25) is 0 Å². The molecule has 0 radical (unpaired) electrons. The summed E-state index contributed by atoms with van der Waals surface area (Å²) in [5.74, 6) is 0.0234. The smallest absolute Gasteiger partial charge is 0.254 e. The van der Waals surface area contributed by atoms with Crippen molar-refractivity contribution in [2.75, 3.05) is 13.1 Å². The van der Waals surface area contributed by atoms with Gasteiger partial charge in [0.15, 0.2) is 5.78 Å². The van der Waals surface area contributed by atoms with Crippen molar-refractivity contribution >= 4 is 11.7 Å². The molecule has 1 N–H and O–H groups in total. The van der Waals surface area contributed by atoms with E-state index in [2.05, 4.69) is 0 Å². The van der Waals surface area contributed by atoms with Gasteiger partial charge in [-0.05, 0) is 30.0 Å². The van der Waals surface area contributed by atoms with Gasteiger partial charge in [-0.1, -0.05) is 42.5 Å². The van der Waals surface area contributed by atoms with Gasteiger partial charge >= 0.3 is 0 Å². The Morgan fingerprint density at radius 1 is 1.04 bits per heavy atom. The van der Waals surface area contributed by atoms with Crippen LogP contribution in [0.25, 0.3) is 0 Å². The Morgan fingerprint density at radius 2 is 1.83 bits per heavy atom. The number of β-amino-alcohol motifs (C(OH)–C–C–N with tert-alkyl or cyclic N) is 1. The van der Waals surface area contributed by atoms with Crippen molar-refractivity contribution in [2.24, 2.45) is 0 Å². The quantitative estimate of drug-likeness (QED) is 0.925. The van der Waals surface area contributed by atoms with Gasteiger partial charge in [-0.15, -0.1) is 0 Å². The topological polar surface area (TPSA) is 57.6 Å². The largest absolute Gasteiger partial charge is 0.383 e. The van der Waals surface area contributed by atoms with Crippen molar-refractivity contribution in [2.45, 2.75) is 24.9 Å². The Hall–Kier alpha value is -2.46. The number of fused-ring (bicyclic) bond motifs is 1. The summed E-state index contributed by atoms with van der Waals surface area (Å²) in [7, 11) is 0. The van der Waals surface area contributed by atoms with Crippen molar-refractivity contribution in [1.82, 2.24) is 4.90 Å². The van der Waals surface area contributed by atoms with Gasteiger partial charge in [0.2, 0.25) is 0 Å². The first-order valence-electron chi connectivity index (χ1n) is 8.31. The molecule has 24 heavy (non-hydrogen) atoms. The van der Waals surface area contributed by atoms with Gasteiger partial charge in [0, 0.05) is 24.1 Å². The number of hydrogen-bond acceptors (Lipinski definition) is 3. The molecule has 122 valence electrons. The maximum absolute atomic E-state index is 12.9. The first-order valence-corrected chi connectivity index (χ1v) is 8.31. The third-order valence-electron chi connectivity index (χ3n) is 5.15. The third-order valence-corrected chi connectivity index (χ3v) is 5.15. The molecular weight excluding hydrogens is 302 g/mol. The molecule has 0 saturated carbocycles. The molecule has 4 rings (SSSR count). The summed E-state index contributed by atoms with van der Waals surface area (Å²) < 4.78 is 0. The van der Waals surface area contributed by atoms with Crippen LogP contribution >= 0.6 is 0 Å². The van der Waals surface area contributed by atoms with Crippen molar-refractivity contribution in [3.05, 3.63) is 70.8 Å². The molecule has 0 bridgehead atoms. The molecule has 1 aliphatic carbocycles. The fourth-order valence-electron chi connectivity index (χ4n) is 3.81. The molecule has 1 fully saturated rings. The van der Waals surface area contributed by atoms with Crippen LogP contribution in [0.5, 0.6) is 0 Å². The maximum atomic E-state index is 12.9. The monoisotopic (exact) mass is 321 g/mol. The van der Waals surface area contributed by atoms with Crippen LogP contribution in [0.3, 0.4) is 0 Å². The molecule has 1 amide bonds. The second kappa shape index (κ2) is 5.56. The number of aliphatic hydroxyl groups is 1. The van der Waals surface area contributed by atoms with E-state index in [0.717, 1.165) is 11.1 Å². The van der Waals surface area contributed by atoms with Crippen molar-refractivity contribution < 1.29 is 14.7 Å². The molecule has 4 nitrogen and oxygen atoms in total. The lowest BCUT2D eigenvalue weighted by atomic mass is 9.93. The number of ketones is 1. The molecule has 1 atom stereocenters. The van der Waals surface area contributed by atoms with Crippen LogP contribution in [-0.4, -0.2) is 34.8 Å². The highest BCUT2D eigenvalue weighted by Crippen LogP contribution is 2.34. The molecule has 0 spiro atoms. The molecular formula is C20H19NO3. The minimum atomic E-state index is -0.995. The molecule has 1 heterocycles. The lowest BCUT2D eigenvalue weighted by Gasteiger charge is -2.24. The Labute approximate surface area is 140 Å². The number of benzene rings is 2. The van der Waals surface area contributed by atoms with Gasteiger partial charge in [-0.3, -0.25) is 9.59 Å². The van der Waals surface area contributed by atoms with Crippen LogP contribution in [-0.2, 0) is 12.0 Å². The standard InChI is InChI=1S/C20H19NO3/c22-18-10-9-15-16(18)7-4-8-17(15)19(23)21-12-11-20(24,13-21)14-5-2-1-3-6-14/h1-8,24H,9-13H2/t20-/m0/s1. The van der Waals surface area contributed by atoms with Gasteiger partial charge in [-0.25, -0.2) is 0 Å². The fourth-order valence-corrected chi connectivity index (χ4v) is 3.81. The number of carbonyl (C=O) groups is 2. The molecule has 1 aliphatic heterocycles. The number of carbonyl (C=O) groups excluding carboxylic acids is 2. The zero-order valence-corrected chi connectivity index (χ0v) is 13.4. The number of Topliss-reactive ketones (excluding diaryl/α,β-unsaturated/α-hetero) is 1. The second-order valence-electron chi connectivity index (χ2n) is 6.63. The fraction of sp³-hybridized carbons (Fsp3) is 0.300. The lowest BCUT2D eigenvalue weighted by molar-refractivity contribution is 0.0417. The maximum Gasteiger partial charge on any atom is 0.254 e. The highest BCUT2D eigenvalue weighted by atomic mass is 16.3. The van der Waals surface area contributed by atoms with E-state index >= 15 is 0 Å². The number of hydrogen-bond donors (Lipinski definition) is 1. The molecule has 4 heteroatoms. The molecule has 2 aliphatic rings. The molecule has 2 aromatic rings. The van der Waals surface area contributed by atoms with Crippen molar-refractivity contribution in [3.63, 3.8) is 0 Å². The molecule has 0 unspecified atom stereocenters. The third kappa shape index (κ3) is 2.34. The van der Waals surface area contributed by atoms with E-state index in [-0.39, 0.29) is 18.2 Å². The van der Waals surface area contributed by atoms with Crippen LogP contribution in [0.1, 0.15) is 44.7 Å². The van der Waals surface area contributed by atoms with E-state index in [4.69, 9.17) is 0 Å². The molecule has 1 saturated heterocycles. The Kier molecular flexibility index (Phi) is 3.50. The first kappa shape index (κ1) is 15.1. The van der Waals surface area contributed by atoms with E-state index in [1.54, 1.807) is 23.1 Å². The highest BCUT2D eigenvalue weighted by Gasteiger charge is 2.40. The predicted octanol–water partition coefficient (Wildman–Crippen LogP) is 2.55. The second-order valence-corrected chi connectivity index (χ2v) is 6.63. The summed E-state index contributed by atoms with van der Waals surface area (Å²) >= 11 is 0. The number of rotatable bonds is 2. The average Bonchev–Trinajstić information content (AvgIpc) is 3.20. The van der Waals surface area contributed by atoms with E-state index in [1.807, 2.05) is 30.3 Å². The number of nitrogens with zero attached hydrogens (tertiary/aromatic N) is 1. The van der Waals surface area contributed by atoms with Crippen molar-refractivity contribution in [3.8, 4) is 0 Å². The number of likely N-dealkylation sites (tertiary alicyclic amines) is 1. The minimum absolute atomic E-state index is 0.0894. The summed E-state index contributed by atoms with van der Waals surface area (Å²) in [6.07, 6.45) is 1.64. The summed E-state index contributed by atoms with van der Waals surface area (Å²) in [5, 5.41) is 10.9. The van der Waals surface area contributed by atoms with E-state index in [9.17, 15) is 14.7 Å². The summed E-state index contributed by atoms with van der Waals surface area (Å²) in [6, 6.07) is 14.9. The highest BCUT2D eigenvalue weighted by molar-refractivity contribution is 6.05. The van der Waals surface area contributed by atoms with Crippen LogP contribution in [0.4, 0.5) is 0 Å². The predicted molar refractivity (Wildman–Crippen MR) is 90.0 cm³/mol. The SMILES string of the molecule is O=C1CCc2c1cccc2C(=O)N1CC[C@@](O)(c2ccccc2)C1. The Morgan fingerprint density at radius 3 is 2.62 bits per heavy atom. The molecule has 2 aromatic carbocycles. The Bertz CT molecular complexity index is 815. The zero-order chi connectivity index (χ0) is 16.7. The van der Waals surface area contributed by atoms with Gasteiger partial charge in [0.05, 0.1) is 6.54 Å². The summed E-state index contributed by atoms with van der Waals surface area (Å²) in [6.45, 7) is 0.801. The van der Waals surface area contributed by atoms with Gasteiger partial charge in [0.1, 0.15) is 5.60 Å². The van der Waals surface area contributed by atoms with E-state index < -0.39 is 5.60 Å². The summed E-state index contributed by atoms with van der Waals surface area (Å²) in [4.78, 5) is 26.5. The van der Waals surface area contributed by atoms with Crippen LogP contribution in [0.15, 0.2) is 48.5 Å². The van der Waals surface area contributed by atoms with E-state index in [1.165, 1.54) is 0 Å². The molecule has 0 aromatic heterocycles. The minimum Gasteiger partial charge on any atom is -0.383 e. The zero-order valence-electron chi connectivity index (χ0n) is 13.4. The van der Waals surface area contributed by atoms with E-state index in [0.29, 0.717) is 36.9 Å². The summed E-state index contributed by atoms with van der Waals surface area (Å²) in [5.41, 5.74) is 2.00. The van der Waals surface area contributed by atoms with Gasteiger partial charge in [-0.2, -0.15) is 0 Å². The van der Waals surface area contributed by atoms with Crippen LogP contribution in [0, 0.1) is 0 Å². The average molecular weight is 321 g/mol. The normalized spacial score (nSPS) is 22.7. The first-order chi connectivity index (χ1) is 11.6. The number of amides is 1.